The zero-order valence-corrected chi connectivity index (χ0v) is 20.7. The predicted molar refractivity (Wildman–Crippen MR) is 122 cm³/mol. The van der Waals surface area contributed by atoms with E-state index < -0.39 is 38.8 Å². The van der Waals surface area contributed by atoms with Crippen LogP contribution in [0.2, 0.25) is 0 Å². The topological polar surface area (TPSA) is 80.7 Å². The van der Waals surface area contributed by atoms with Gasteiger partial charge in [0.15, 0.2) is 17.7 Å². The number of aliphatic hydroxyl groups excluding tert-OH is 1. The molecule has 0 radical (unpaired) electrons. The van der Waals surface area contributed by atoms with E-state index in [-0.39, 0.29) is 29.5 Å². The molecule has 6 unspecified atom stereocenters. The van der Waals surface area contributed by atoms with Gasteiger partial charge in [0.1, 0.15) is 0 Å². The number of halogens is 2. The number of hydrogen-bond donors (Lipinski definition) is 1. The highest BCUT2D eigenvalue weighted by Gasteiger charge is 2.74. The first-order valence-electron chi connectivity index (χ1n) is 11.4. The number of rotatable bonds is 3. The zero-order valence-electron chi connectivity index (χ0n) is 19.2. The quantitative estimate of drug-likeness (QED) is 0.365. The molecular formula is C25H32Cl2O5. The Morgan fingerprint density at radius 1 is 1.22 bits per heavy atom. The van der Waals surface area contributed by atoms with E-state index in [2.05, 4.69) is 20.8 Å². The number of ether oxygens (including phenoxy) is 1. The molecule has 0 heterocycles. The van der Waals surface area contributed by atoms with Crippen molar-refractivity contribution in [3.63, 3.8) is 0 Å². The van der Waals surface area contributed by atoms with E-state index in [0.717, 1.165) is 18.3 Å². The van der Waals surface area contributed by atoms with Crippen molar-refractivity contribution in [1.29, 1.82) is 0 Å². The number of allylic oxidation sites excluding steroid dienone is 4. The number of ketones is 1. The lowest BCUT2D eigenvalue weighted by Crippen LogP contribution is -2.66. The number of hydrogen-bond acceptors (Lipinski definition) is 5. The van der Waals surface area contributed by atoms with Crippen LogP contribution >= 0.6 is 23.2 Å². The van der Waals surface area contributed by atoms with E-state index in [9.17, 15) is 19.5 Å². The van der Waals surface area contributed by atoms with Gasteiger partial charge in [0.25, 0.3) is 0 Å². The first-order valence-corrected chi connectivity index (χ1v) is 12.3. The summed E-state index contributed by atoms with van der Waals surface area (Å²) in [5.74, 6) is -0.832. The highest BCUT2D eigenvalue weighted by molar-refractivity contribution is 6.53. The van der Waals surface area contributed by atoms with E-state index in [0.29, 0.717) is 12.8 Å². The summed E-state index contributed by atoms with van der Waals surface area (Å²) < 4.78 is 5.78. The molecule has 0 amide bonds. The molecule has 0 aromatic rings. The van der Waals surface area contributed by atoms with Crippen molar-refractivity contribution in [2.24, 2.45) is 39.9 Å². The molecule has 9 atom stereocenters. The fraction of sp³-hybridized carbons (Fsp3) is 0.720. The molecule has 0 aromatic carbocycles. The number of carbonyl (C=O) groups is 3. The van der Waals surface area contributed by atoms with Crippen LogP contribution in [0.3, 0.4) is 0 Å². The molecular weight excluding hydrogens is 451 g/mol. The molecule has 5 nitrogen and oxygen atoms in total. The minimum atomic E-state index is -1.41. The molecule has 3 saturated carbocycles. The fourth-order valence-electron chi connectivity index (χ4n) is 8.06. The molecule has 4 aliphatic rings. The van der Waals surface area contributed by atoms with Gasteiger partial charge in [-0.25, -0.2) is 4.79 Å². The van der Waals surface area contributed by atoms with E-state index >= 15 is 0 Å². The Hall–Kier alpha value is -1.17. The van der Waals surface area contributed by atoms with Crippen LogP contribution < -0.4 is 0 Å². The van der Waals surface area contributed by atoms with Crippen LogP contribution in [-0.2, 0) is 19.1 Å². The Balaban J connectivity index is 1.84. The van der Waals surface area contributed by atoms with E-state index in [1.165, 1.54) is 0 Å². The predicted octanol–water partition coefficient (Wildman–Crippen LogP) is 4.43. The second kappa shape index (κ2) is 7.41. The van der Waals surface area contributed by atoms with Gasteiger partial charge in [-0.2, -0.15) is 0 Å². The maximum atomic E-state index is 12.6. The van der Waals surface area contributed by atoms with Crippen molar-refractivity contribution >= 4 is 41.2 Å². The number of alkyl halides is 2. The minimum absolute atomic E-state index is 0.0143. The van der Waals surface area contributed by atoms with Gasteiger partial charge in [-0.1, -0.05) is 69.5 Å². The summed E-state index contributed by atoms with van der Waals surface area (Å²) in [6, 6.07) is 0. The Labute approximate surface area is 199 Å². The Morgan fingerprint density at radius 2 is 1.88 bits per heavy atom. The van der Waals surface area contributed by atoms with Crippen LogP contribution in [0, 0.1) is 39.9 Å². The van der Waals surface area contributed by atoms with Crippen LogP contribution in [0.1, 0.15) is 53.9 Å². The molecule has 0 aromatic heterocycles. The molecule has 32 heavy (non-hydrogen) atoms. The third kappa shape index (κ3) is 2.77. The summed E-state index contributed by atoms with van der Waals surface area (Å²) in [6.07, 6.45) is 7.07. The van der Waals surface area contributed by atoms with E-state index in [1.54, 1.807) is 12.2 Å². The maximum absolute atomic E-state index is 12.6. The molecule has 0 aliphatic heterocycles. The van der Waals surface area contributed by atoms with Crippen LogP contribution in [0.5, 0.6) is 0 Å². The minimum Gasteiger partial charge on any atom is -0.448 e. The van der Waals surface area contributed by atoms with Crippen LogP contribution in [0.15, 0.2) is 23.8 Å². The lowest BCUT2D eigenvalue weighted by atomic mass is 9.38. The Bertz CT molecular complexity index is 927. The van der Waals surface area contributed by atoms with Crippen molar-refractivity contribution in [3.8, 4) is 0 Å². The second-order valence-corrected chi connectivity index (χ2v) is 12.2. The van der Waals surface area contributed by atoms with E-state index in [1.807, 2.05) is 19.9 Å². The Morgan fingerprint density at radius 3 is 2.47 bits per heavy atom. The molecule has 7 heteroatoms. The smallest absolute Gasteiger partial charge is 0.340 e. The van der Waals surface area contributed by atoms with Gasteiger partial charge in [0.05, 0.1) is 6.10 Å². The van der Waals surface area contributed by atoms with Gasteiger partial charge < -0.3 is 9.84 Å². The lowest BCUT2D eigenvalue weighted by Gasteiger charge is -2.66. The average Bonchev–Trinajstić information content (AvgIpc) is 2.93. The van der Waals surface area contributed by atoms with Crippen molar-refractivity contribution in [3.05, 3.63) is 23.8 Å². The SMILES string of the molecule is CC1CC2C3C[C@H](C)C4=CC(=O)C=CC4(C)[C@@]3(C)C(O)CC2(C)[C@]1(C=O)OC(=O)C(Cl)Cl. The number of aldehydes is 1. The largest absolute Gasteiger partial charge is 0.448 e. The van der Waals surface area contributed by atoms with Crippen molar-refractivity contribution in [2.45, 2.75) is 70.4 Å². The standard InChI is InChI=1S/C25H32Cl2O5/c1-13-8-18-17-9-14(2)25(12-28,32-21(31)20(26)27)23(17,4)11-19(30)24(18,5)22(3)7-6-15(29)10-16(13)22/h6-7,10,12-14,17-20,30H,8-9,11H2,1-5H3/t13-,14?,17?,18?,19?,22?,23?,24+,25+/m0/s1. The monoisotopic (exact) mass is 482 g/mol. The maximum Gasteiger partial charge on any atom is 0.340 e. The highest BCUT2D eigenvalue weighted by atomic mass is 35.5. The molecule has 1 N–H and O–H groups in total. The molecule has 0 saturated heterocycles. The second-order valence-electron chi connectivity index (χ2n) is 11.1. The molecule has 0 bridgehead atoms. The molecule has 176 valence electrons. The summed E-state index contributed by atoms with van der Waals surface area (Å²) >= 11 is 11.5. The first kappa shape index (κ1) is 24.0. The van der Waals surface area contributed by atoms with Crippen LogP contribution in [0.25, 0.3) is 0 Å². The summed E-state index contributed by atoms with van der Waals surface area (Å²) in [5, 5.41) is 11.7. The number of esters is 1. The average molecular weight is 483 g/mol. The van der Waals surface area contributed by atoms with Crippen LogP contribution in [0.4, 0.5) is 0 Å². The lowest BCUT2D eigenvalue weighted by molar-refractivity contribution is -0.217. The van der Waals surface area contributed by atoms with Gasteiger partial charge in [0, 0.05) is 22.2 Å². The van der Waals surface area contributed by atoms with Gasteiger partial charge in [-0.05, 0) is 49.2 Å². The molecule has 4 aliphatic carbocycles. The van der Waals surface area contributed by atoms with Gasteiger partial charge >= 0.3 is 5.97 Å². The van der Waals surface area contributed by atoms with Crippen molar-refractivity contribution < 1.29 is 24.2 Å². The van der Waals surface area contributed by atoms with Gasteiger partial charge in [-0.15, -0.1) is 0 Å². The summed E-state index contributed by atoms with van der Waals surface area (Å²) in [6.45, 7) is 10.2. The summed E-state index contributed by atoms with van der Waals surface area (Å²) in [5.41, 5.74) is -2.11. The fourth-order valence-corrected chi connectivity index (χ4v) is 8.15. The first-order chi connectivity index (χ1) is 14.8. The normalized spacial score (nSPS) is 49.7. The number of aliphatic hydroxyl groups is 1. The van der Waals surface area contributed by atoms with E-state index in [4.69, 9.17) is 27.9 Å². The van der Waals surface area contributed by atoms with Gasteiger partial charge in [-0.3, -0.25) is 9.59 Å². The Kier molecular flexibility index (Phi) is 5.55. The third-order valence-electron chi connectivity index (χ3n) is 9.97. The summed E-state index contributed by atoms with van der Waals surface area (Å²) in [4.78, 5) is 35.8. The van der Waals surface area contributed by atoms with Crippen molar-refractivity contribution in [2.75, 3.05) is 0 Å². The van der Waals surface area contributed by atoms with Crippen molar-refractivity contribution in [1.82, 2.24) is 0 Å². The summed E-state index contributed by atoms with van der Waals surface area (Å²) in [7, 11) is 0. The number of fused-ring (bicyclic) bond motifs is 5. The van der Waals surface area contributed by atoms with Crippen LogP contribution in [-0.4, -0.2) is 39.7 Å². The zero-order chi connectivity index (χ0) is 23.9. The molecule has 3 fully saturated rings. The van der Waals surface area contributed by atoms with Gasteiger partial charge in [0.2, 0.25) is 4.84 Å². The third-order valence-corrected chi connectivity index (χ3v) is 10.3. The molecule has 4 rings (SSSR count). The molecule has 0 spiro atoms. The highest BCUT2D eigenvalue weighted by Crippen LogP contribution is 2.73. The number of carbonyl (C=O) groups excluding carboxylic acids is 3.